The van der Waals surface area contributed by atoms with Crippen LogP contribution >= 0.6 is 15.9 Å². The fraction of sp³-hybridized carbons (Fsp3) is 0.0714. The normalized spacial score (nSPS) is 10.2. The van der Waals surface area contributed by atoms with Gasteiger partial charge >= 0.3 is 0 Å². The summed E-state index contributed by atoms with van der Waals surface area (Å²) in [4.78, 5) is 11.9. The summed E-state index contributed by atoms with van der Waals surface area (Å²) in [5, 5.41) is 2.56. The van der Waals surface area contributed by atoms with Gasteiger partial charge in [-0.15, -0.1) is 0 Å². The summed E-state index contributed by atoms with van der Waals surface area (Å²) < 4.78 is 14.3. The second-order valence-corrected chi connectivity index (χ2v) is 4.86. The van der Waals surface area contributed by atoms with E-state index >= 15 is 0 Å². The standard InChI is InChI=1S/C14H11BrFNO/c1-9-5-6-12(16)13(7-9)17-14(18)10-3-2-4-11(15)8-10/h2-8H,1H3,(H,17,18). The van der Waals surface area contributed by atoms with Gasteiger partial charge in [-0.1, -0.05) is 28.1 Å². The number of halogens is 2. The summed E-state index contributed by atoms with van der Waals surface area (Å²) in [6, 6.07) is 11.5. The summed E-state index contributed by atoms with van der Waals surface area (Å²) in [6.07, 6.45) is 0. The molecule has 0 unspecified atom stereocenters. The molecule has 0 aromatic heterocycles. The molecular formula is C14H11BrFNO. The van der Waals surface area contributed by atoms with Gasteiger partial charge in [0.25, 0.3) is 5.91 Å². The third-order valence-corrected chi connectivity index (χ3v) is 2.95. The molecule has 0 radical (unpaired) electrons. The maximum atomic E-state index is 13.5. The SMILES string of the molecule is Cc1ccc(F)c(NC(=O)c2cccc(Br)c2)c1. The zero-order valence-corrected chi connectivity index (χ0v) is 11.3. The van der Waals surface area contributed by atoms with Crippen molar-refractivity contribution in [3.63, 3.8) is 0 Å². The minimum absolute atomic E-state index is 0.194. The van der Waals surface area contributed by atoms with Gasteiger partial charge in [0.15, 0.2) is 0 Å². The lowest BCUT2D eigenvalue weighted by atomic mass is 10.2. The molecule has 0 aliphatic heterocycles. The highest BCUT2D eigenvalue weighted by Gasteiger charge is 2.09. The predicted octanol–water partition coefficient (Wildman–Crippen LogP) is 4.15. The molecule has 2 aromatic rings. The van der Waals surface area contributed by atoms with Crippen LogP contribution < -0.4 is 5.32 Å². The Morgan fingerprint density at radius 3 is 2.72 bits per heavy atom. The van der Waals surface area contributed by atoms with Gasteiger partial charge in [0.1, 0.15) is 5.82 Å². The van der Waals surface area contributed by atoms with Crippen molar-refractivity contribution < 1.29 is 9.18 Å². The van der Waals surface area contributed by atoms with Crippen LogP contribution in [0.1, 0.15) is 15.9 Å². The predicted molar refractivity (Wildman–Crippen MR) is 73.2 cm³/mol. The van der Waals surface area contributed by atoms with Crippen LogP contribution in [0, 0.1) is 12.7 Å². The van der Waals surface area contributed by atoms with Crippen molar-refractivity contribution in [3.8, 4) is 0 Å². The van der Waals surface area contributed by atoms with Crippen LogP contribution in [0.4, 0.5) is 10.1 Å². The average Bonchev–Trinajstić information content (AvgIpc) is 2.34. The first-order valence-corrected chi connectivity index (χ1v) is 6.18. The van der Waals surface area contributed by atoms with Gasteiger partial charge in [-0.2, -0.15) is 0 Å². The van der Waals surface area contributed by atoms with Crippen molar-refractivity contribution >= 4 is 27.5 Å². The highest BCUT2D eigenvalue weighted by Crippen LogP contribution is 2.18. The topological polar surface area (TPSA) is 29.1 Å². The zero-order valence-electron chi connectivity index (χ0n) is 9.71. The summed E-state index contributed by atoms with van der Waals surface area (Å²) in [5.41, 5.74) is 1.56. The Hall–Kier alpha value is -1.68. The molecule has 0 heterocycles. The Kier molecular flexibility index (Phi) is 3.77. The van der Waals surface area contributed by atoms with Gasteiger partial charge in [-0.05, 0) is 42.8 Å². The van der Waals surface area contributed by atoms with Crippen molar-refractivity contribution in [2.24, 2.45) is 0 Å². The number of hydrogen-bond donors (Lipinski definition) is 1. The van der Waals surface area contributed by atoms with E-state index in [9.17, 15) is 9.18 Å². The van der Waals surface area contributed by atoms with Gasteiger partial charge in [-0.25, -0.2) is 4.39 Å². The average molecular weight is 308 g/mol. The number of hydrogen-bond acceptors (Lipinski definition) is 1. The molecule has 2 aromatic carbocycles. The van der Waals surface area contributed by atoms with E-state index in [1.807, 2.05) is 13.0 Å². The highest BCUT2D eigenvalue weighted by molar-refractivity contribution is 9.10. The molecule has 2 rings (SSSR count). The molecule has 0 atom stereocenters. The molecule has 1 amide bonds. The Morgan fingerprint density at radius 1 is 1.22 bits per heavy atom. The molecule has 0 bridgehead atoms. The minimum Gasteiger partial charge on any atom is -0.319 e. The lowest BCUT2D eigenvalue weighted by molar-refractivity contribution is 0.102. The molecule has 1 N–H and O–H groups in total. The van der Waals surface area contributed by atoms with E-state index in [1.54, 1.807) is 30.3 Å². The second-order valence-electron chi connectivity index (χ2n) is 3.95. The number of rotatable bonds is 2. The van der Waals surface area contributed by atoms with E-state index in [0.29, 0.717) is 5.56 Å². The zero-order chi connectivity index (χ0) is 13.1. The summed E-state index contributed by atoms with van der Waals surface area (Å²) in [6.45, 7) is 1.84. The summed E-state index contributed by atoms with van der Waals surface area (Å²) in [5.74, 6) is -0.773. The second kappa shape index (κ2) is 5.31. The van der Waals surface area contributed by atoms with Gasteiger partial charge in [0.2, 0.25) is 0 Å². The van der Waals surface area contributed by atoms with E-state index in [1.165, 1.54) is 6.07 Å². The molecular weight excluding hydrogens is 297 g/mol. The van der Waals surface area contributed by atoms with E-state index in [-0.39, 0.29) is 11.6 Å². The smallest absolute Gasteiger partial charge is 0.255 e. The minimum atomic E-state index is -0.441. The van der Waals surface area contributed by atoms with E-state index in [2.05, 4.69) is 21.2 Å². The van der Waals surface area contributed by atoms with Crippen LogP contribution in [0.5, 0.6) is 0 Å². The first kappa shape index (κ1) is 12.8. The van der Waals surface area contributed by atoms with E-state index in [0.717, 1.165) is 10.0 Å². The van der Waals surface area contributed by atoms with Gasteiger partial charge in [0, 0.05) is 10.0 Å². The Bertz CT molecular complexity index is 598. The van der Waals surface area contributed by atoms with Crippen LogP contribution in [0.25, 0.3) is 0 Å². The Balaban J connectivity index is 2.24. The van der Waals surface area contributed by atoms with Crippen molar-refractivity contribution in [1.29, 1.82) is 0 Å². The Morgan fingerprint density at radius 2 is 2.00 bits per heavy atom. The molecule has 92 valence electrons. The highest BCUT2D eigenvalue weighted by atomic mass is 79.9. The molecule has 0 saturated carbocycles. The van der Waals surface area contributed by atoms with Crippen molar-refractivity contribution in [3.05, 3.63) is 63.9 Å². The van der Waals surface area contributed by atoms with E-state index in [4.69, 9.17) is 0 Å². The lowest BCUT2D eigenvalue weighted by Gasteiger charge is -2.07. The third-order valence-electron chi connectivity index (χ3n) is 2.46. The first-order valence-electron chi connectivity index (χ1n) is 5.39. The first-order chi connectivity index (χ1) is 8.56. The van der Waals surface area contributed by atoms with Crippen LogP contribution in [0.2, 0.25) is 0 Å². The number of nitrogens with one attached hydrogen (secondary N) is 1. The number of carbonyl (C=O) groups is 1. The summed E-state index contributed by atoms with van der Waals surface area (Å²) >= 11 is 3.29. The van der Waals surface area contributed by atoms with Crippen LogP contribution in [-0.4, -0.2) is 5.91 Å². The molecule has 0 aliphatic rings. The van der Waals surface area contributed by atoms with Crippen molar-refractivity contribution in [1.82, 2.24) is 0 Å². The fourth-order valence-corrected chi connectivity index (χ4v) is 1.96. The van der Waals surface area contributed by atoms with Crippen molar-refractivity contribution in [2.45, 2.75) is 6.92 Å². The molecule has 0 spiro atoms. The number of carbonyl (C=O) groups excluding carboxylic acids is 1. The van der Waals surface area contributed by atoms with E-state index < -0.39 is 5.82 Å². The number of aryl methyl sites for hydroxylation is 1. The quantitative estimate of drug-likeness (QED) is 0.887. The number of benzene rings is 2. The molecule has 18 heavy (non-hydrogen) atoms. The molecule has 0 saturated heterocycles. The van der Waals surface area contributed by atoms with Crippen LogP contribution in [0.15, 0.2) is 46.9 Å². The molecule has 2 nitrogen and oxygen atoms in total. The molecule has 4 heteroatoms. The van der Waals surface area contributed by atoms with Gasteiger partial charge in [-0.3, -0.25) is 4.79 Å². The third kappa shape index (κ3) is 2.96. The van der Waals surface area contributed by atoms with Crippen LogP contribution in [0.3, 0.4) is 0 Å². The fourth-order valence-electron chi connectivity index (χ4n) is 1.56. The lowest BCUT2D eigenvalue weighted by Crippen LogP contribution is -2.13. The largest absolute Gasteiger partial charge is 0.319 e. The number of anilines is 1. The van der Waals surface area contributed by atoms with Crippen LogP contribution in [-0.2, 0) is 0 Å². The number of amides is 1. The maximum absolute atomic E-state index is 13.5. The Labute approximate surface area is 113 Å². The van der Waals surface area contributed by atoms with Crippen molar-refractivity contribution in [2.75, 3.05) is 5.32 Å². The molecule has 0 aliphatic carbocycles. The molecule has 0 fully saturated rings. The monoisotopic (exact) mass is 307 g/mol. The van der Waals surface area contributed by atoms with Gasteiger partial charge < -0.3 is 5.32 Å². The summed E-state index contributed by atoms with van der Waals surface area (Å²) in [7, 11) is 0. The maximum Gasteiger partial charge on any atom is 0.255 e. The van der Waals surface area contributed by atoms with Gasteiger partial charge in [0.05, 0.1) is 5.69 Å².